The van der Waals surface area contributed by atoms with E-state index < -0.39 is 0 Å². The number of fused-ring (bicyclic) bond motifs is 1. The van der Waals surface area contributed by atoms with E-state index in [9.17, 15) is 0 Å². The molecule has 158 valence electrons. The van der Waals surface area contributed by atoms with E-state index in [-0.39, 0.29) is 0 Å². The second-order valence-electron chi connectivity index (χ2n) is 8.27. The zero-order valence-electron chi connectivity index (χ0n) is 18.2. The number of anilines is 1. The van der Waals surface area contributed by atoms with Gasteiger partial charge in [-0.2, -0.15) is 0 Å². The summed E-state index contributed by atoms with van der Waals surface area (Å²) in [4.78, 5) is 6.48. The summed E-state index contributed by atoms with van der Waals surface area (Å²) >= 11 is 1.70. The van der Waals surface area contributed by atoms with Gasteiger partial charge in [0.1, 0.15) is 0 Å². The van der Waals surface area contributed by atoms with Gasteiger partial charge in [-0.25, -0.2) is 0 Å². The van der Waals surface area contributed by atoms with Crippen molar-refractivity contribution in [1.29, 1.82) is 0 Å². The highest BCUT2D eigenvalue weighted by molar-refractivity contribution is 8.00. The minimum absolute atomic E-state index is 1.04. The minimum atomic E-state index is 1.04. The summed E-state index contributed by atoms with van der Waals surface area (Å²) in [5.74, 6) is 0. The lowest BCUT2D eigenvalue weighted by Crippen LogP contribution is -2.31. The van der Waals surface area contributed by atoms with Crippen LogP contribution >= 0.6 is 11.9 Å². The summed E-state index contributed by atoms with van der Waals surface area (Å²) in [6.07, 6.45) is 2.52. The van der Waals surface area contributed by atoms with Crippen LogP contribution in [0.4, 0.5) is 5.69 Å². The normalized spacial score (nSPS) is 15.9. The van der Waals surface area contributed by atoms with Crippen LogP contribution in [0.1, 0.15) is 30.9 Å². The lowest BCUT2D eigenvalue weighted by Gasteiger charge is -2.23. The zero-order chi connectivity index (χ0) is 20.8. The van der Waals surface area contributed by atoms with Gasteiger partial charge in [0, 0.05) is 30.2 Å². The number of rotatable bonds is 7. The van der Waals surface area contributed by atoms with Crippen molar-refractivity contribution in [2.75, 3.05) is 37.4 Å². The van der Waals surface area contributed by atoms with Crippen LogP contribution in [0.5, 0.6) is 0 Å². The Balaban J connectivity index is 1.39. The molecule has 3 aromatic carbocycles. The highest BCUT2D eigenvalue weighted by atomic mass is 32.2. The maximum atomic E-state index is 3.60. The number of hydrogen-bond donors (Lipinski definition) is 1. The average Bonchev–Trinajstić information content (AvgIpc) is 2.99. The summed E-state index contributed by atoms with van der Waals surface area (Å²) in [7, 11) is 0. The molecule has 1 saturated heterocycles. The number of nitrogens with zero attached hydrogens (tertiary/aromatic N) is 2. The van der Waals surface area contributed by atoms with Crippen LogP contribution in [0.3, 0.4) is 0 Å². The Labute approximate surface area is 185 Å². The summed E-state index contributed by atoms with van der Waals surface area (Å²) in [5, 5.41) is 2.57. The molecular weight excluding hydrogens is 386 g/mol. The highest BCUT2D eigenvalue weighted by Crippen LogP contribution is 2.28. The van der Waals surface area contributed by atoms with Crippen molar-refractivity contribution in [2.45, 2.75) is 38.1 Å². The third kappa shape index (κ3) is 5.37. The van der Waals surface area contributed by atoms with Crippen LogP contribution in [0.25, 0.3) is 10.8 Å². The van der Waals surface area contributed by atoms with Gasteiger partial charge < -0.3 is 9.62 Å². The fraction of sp³-hybridized carbons (Fsp3) is 0.385. The van der Waals surface area contributed by atoms with Gasteiger partial charge in [0.05, 0.1) is 0 Å². The van der Waals surface area contributed by atoms with Crippen molar-refractivity contribution in [3.8, 4) is 0 Å². The van der Waals surface area contributed by atoms with E-state index >= 15 is 0 Å². The number of nitrogens with one attached hydrogen (secondary N) is 1. The molecule has 0 spiro atoms. The van der Waals surface area contributed by atoms with Crippen molar-refractivity contribution < 1.29 is 0 Å². The molecule has 1 aliphatic rings. The molecule has 0 atom stereocenters. The molecule has 0 aliphatic carbocycles. The van der Waals surface area contributed by atoms with Gasteiger partial charge in [0.15, 0.2) is 0 Å². The molecule has 0 aromatic heterocycles. The van der Waals surface area contributed by atoms with Gasteiger partial charge in [-0.05, 0) is 91.4 Å². The lowest BCUT2D eigenvalue weighted by atomic mass is 10.1. The molecule has 0 saturated carbocycles. The van der Waals surface area contributed by atoms with Crippen LogP contribution in [0.2, 0.25) is 0 Å². The highest BCUT2D eigenvalue weighted by Gasteiger charge is 2.15. The Morgan fingerprint density at radius 1 is 0.867 bits per heavy atom. The molecular formula is C26H33N3S. The van der Waals surface area contributed by atoms with Gasteiger partial charge >= 0.3 is 0 Å². The SMILES string of the molecule is CCCN1CCCN(Cc2cccc(NSc3ccc4ccccc4c3)c2C)CC1. The Morgan fingerprint density at radius 2 is 1.67 bits per heavy atom. The first-order valence-corrected chi connectivity index (χ1v) is 12.0. The standard InChI is InChI=1S/C26H33N3S/c1-3-14-28-15-7-16-29(18-17-28)20-24-10-6-11-26(21(24)2)27-30-25-13-12-22-8-4-5-9-23(22)19-25/h4-6,8-13,19,27H,3,7,14-18,20H2,1-2H3. The van der Waals surface area contributed by atoms with Gasteiger partial charge in [-0.3, -0.25) is 4.90 Å². The first kappa shape index (κ1) is 21.2. The van der Waals surface area contributed by atoms with Crippen molar-refractivity contribution in [2.24, 2.45) is 0 Å². The van der Waals surface area contributed by atoms with E-state index in [1.807, 2.05) is 0 Å². The molecule has 1 N–H and O–H groups in total. The van der Waals surface area contributed by atoms with Crippen LogP contribution in [0, 0.1) is 6.92 Å². The molecule has 0 amide bonds. The fourth-order valence-corrected chi connectivity index (χ4v) is 5.04. The van der Waals surface area contributed by atoms with Crippen molar-refractivity contribution in [3.63, 3.8) is 0 Å². The quantitative estimate of drug-likeness (QED) is 0.460. The topological polar surface area (TPSA) is 18.5 Å². The van der Waals surface area contributed by atoms with Gasteiger partial charge in [-0.15, -0.1) is 0 Å². The molecule has 3 nitrogen and oxygen atoms in total. The molecule has 1 heterocycles. The van der Waals surface area contributed by atoms with Crippen LogP contribution in [0.15, 0.2) is 65.6 Å². The summed E-state index contributed by atoms with van der Waals surface area (Å²) in [5.41, 5.74) is 4.01. The Kier molecular flexibility index (Phi) is 7.32. The van der Waals surface area contributed by atoms with Crippen molar-refractivity contribution in [1.82, 2.24) is 9.80 Å². The van der Waals surface area contributed by atoms with Crippen LogP contribution < -0.4 is 4.72 Å². The van der Waals surface area contributed by atoms with E-state index in [0.29, 0.717) is 0 Å². The predicted octanol–water partition coefficient (Wildman–Crippen LogP) is 6.19. The molecule has 0 bridgehead atoms. The summed E-state index contributed by atoms with van der Waals surface area (Å²) in [6.45, 7) is 11.6. The second-order valence-corrected chi connectivity index (χ2v) is 9.15. The summed E-state index contributed by atoms with van der Waals surface area (Å²) in [6, 6.07) is 21.8. The van der Waals surface area contributed by atoms with E-state index in [2.05, 4.69) is 89.0 Å². The van der Waals surface area contributed by atoms with E-state index in [0.717, 1.165) is 6.54 Å². The zero-order valence-corrected chi connectivity index (χ0v) is 19.0. The third-order valence-electron chi connectivity index (χ3n) is 6.06. The molecule has 0 radical (unpaired) electrons. The van der Waals surface area contributed by atoms with Gasteiger partial charge in [0.25, 0.3) is 0 Å². The number of benzene rings is 3. The molecule has 1 aliphatic heterocycles. The Morgan fingerprint density at radius 3 is 2.53 bits per heavy atom. The fourth-order valence-electron chi connectivity index (χ4n) is 4.27. The largest absolute Gasteiger partial charge is 0.325 e. The first-order valence-electron chi connectivity index (χ1n) is 11.2. The predicted molar refractivity (Wildman–Crippen MR) is 131 cm³/mol. The lowest BCUT2D eigenvalue weighted by molar-refractivity contribution is 0.251. The molecule has 4 rings (SSSR count). The van der Waals surface area contributed by atoms with E-state index in [1.54, 1.807) is 11.9 Å². The van der Waals surface area contributed by atoms with Crippen molar-refractivity contribution >= 4 is 28.4 Å². The Hall–Kier alpha value is -2.01. The molecule has 30 heavy (non-hydrogen) atoms. The maximum Gasteiger partial charge on any atom is 0.0475 e. The molecule has 1 fully saturated rings. The summed E-state index contributed by atoms with van der Waals surface area (Å²) < 4.78 is 3.60. The van der Waals surface area contributed by atoms with Gasteiger partial charge in [0.2, 0.25) is 0 Å². The maximum absolute atomic E-state index is 3.60. The second kappa shape index (κ2) is 10.3. The average molecular weight is 420 g/mol. The van der Waals surface area contributed by atoms with Crippen molar-refractivity contribution in [3.05, 3.63) is 71.8 Å². The van der Waals surface area contributed by atoms with Crippen LogP contribution in [-0.2, 0) is 6.54 Å². The Bertz CT molecular complexity index is 971. The van der Waals surface area contributed by atoms with Crippen LogP contribution in [-0.4, -0.2) is 42.5 Å². The smallest absolute Gasteiger partial charge is 0.0475 e. The third-order valence-corrected chi connectivity index (χ3v) is 6.87. The van der Waals surface area contributed by atoms with E-state index in [1.165, 1.54) is 78.0 Å². The monoisotopic (exact) mass is 419 g/mol. The molecule has 4 heteroatoms. The number of hydrogen-bond acceptors (Lipinski definition) is 4. The van der Waals surface area contributed by atoms with E-state index in [4.69, 9.17) is 0 Å². The van der Waals surface area contributed by atoms with Gasteiger partial charge in [-0.1, -0.05) is 49.4 Å². The molecule has 3 aromatic rings. The first-order chi connectivity index (χ1) is 14.7. The minimum Gasteiger partial charge on any atom is -0.325 e. The molecule has 0 unspecified atom stereocenters.